The number of nitrogens with zero attached hydrogens (tertiary/aromatic N) is 1. The van der Waals surface area contributed by atoms with E-state index < -0.39 is 26.5 Å². The Morgan fingerprint density at radius 2 is 1.79 bits per heavy atom. The summed E-state index contributed by atoms with van der Waals surface area (Å²) in [6.07, 6.45) is 0.678. The summed E-state index contributed by atoms with van der Waals surface area (Å²) in [5.74, 6) is 0.432. The van der Waals surface area contributed by atoms with Gasteiger partial charge in [-0.05, 0) is 91.8 Å². The van der Waals surface area contributed by atoms with E-state index >= 15 is 0 Å². The smallest absolute Gasteiger partial charge is 0.303 e. The second kappa shape index (κ2) is 8.64. The lowest BCUT2D eigenvalue weighted by atomic mass is 9.79. The zero-order chi connectivity index (χ0) is 24.1. The fraction of sp³-hybridized carbons (Fsp3) is 0.538. The average molecular weight is 493 g/mol. The standard InChI is InChI=1S/C26H31F3N2O2S/c27-26(28,29)22-5-1-4-18(12-22)13-24-21(17-31-10-3-11-31)15-20-7-6-19(14-23(20)24)16-25(8-2-9-25)34(30,32)33/h1,4-7,12,14,21,24H,2-3,8-11,13,15-17H2,(H2,30,32,33). The highest BCUT2D eigenvalue weighted by Gasteiger charge is 2.47. The maximum Gasteiger partial charge on any atom is 0.416 e. The van der Waals surface area contributed by atoms with Gasteiger partial charge >= 0.3 is 6.18 Å². The van der Waals surface area contributed by atoms with E-state index in [0.717, 1.165) is 49.7 Å². The molecule has 2 aliphatic carbocycles. The number of halogens is 3. The minimum absolute atomic E-state index is 0.103. The predicted molar refractivity (Wildman–Crippen MR) is 126 cm³/mol. The van der Waals surface area contributed by atoms with E-state index in [9.17, 15) is 21.6 Å². The number of primary sulfonamides is 1. The second-order valence-corrected chi connectivity index (χ2v) is 12.4. The molecule has 2 fully saturated rings. The van der Waals surface area contributed by atoms with Crippen LogP contribution in [0.4, 0.5) is 13.2 Å². The Labute approximate surface area is 199 Å². The molecular formula is C26H31F3N2O2S. The summed E-state index contributed by atoms with van der Waals surface area (Å²) >= 11 is 0. The molecule has 1 aliphatic heterocycles. The topological polar surface area (TPSA) is 63.4 Å². The molecule has 1 heterocycles. The lowest BCUT2D eigenvalue weighted by Gasteiger charge is -2.39. The Morgan fingerprint density at radius 1 is 1.03 bits per heavy atom. The van der Waals surface area contributed by atoms with Crippen LogP contribution in [0, 0.1) is 5.92 Å². The molecule has 1 saturated carbocycles. The molecule has 0 aromatic heterocycles. The van der Waals surface area contributed by atoms with Crippen molar-refractivity contribution in [1.82, 2.24) is 4.90 Å². The number of benzene rings is 2. The van der Waals surface area contributed by atoms with Crippen molar-refractivity contribution in [2.24, 2.45) is 11.1 Å². The van der Waals surface area contributed by atoms with Crippen LogP contribution in [0.5, 0.6) is 0 Å². The Morgan fingerprint density at radius 3 is 2.38 bits per heavy atom. The summed E-state index contributed by atoms with van der Waals surface area (Å²) < 4.78 is 63.6. The van der Waals surface area contributed by atoms with Crippen molar-refractivity contribution >= 4 is 10.0 Å². The SMILES string of the molecule is NS(=O)(=O)C1(Cc2ccc3c(c2)C(Cc2cccc(C(F)(F)F)c2)C(CN2CCC2)C3)CCC1. The van der Waals surface area contributed by atoms with Gasteiger partial charge in [0, 0.05) is 6.54 Å². The van der Waals surface area contributed by atoms with Gasteiger partial charge in [-0.3, -0.25) is 0 Å². The Bertz CT molecular complexity index is 1170. The van der Waals surface area contributed by atoms with Crippen molar-refractivity contribution in [2.45, 2.75) is 61.8 Å². The number of nitrogens with two attached hydrogens (primary N) is 1. The third-order valence-electron chi connectivity index (χ3n) is 8.21. The first-order valence-electron chi connectivity index (χ1n) is 12.1. The predicted octanol–water partition coefficient (Wildman–Crippen LogP) is 4.66. The molecule has 4 nitrogen and oxygen atoms in total. The normalized spacial score (nSPS) is 24.4. The lowest BCUT2D eigenvalue weighted by Crippen LogP contribution is -2.50. The maximum absolute atomic E-state index is 13.3. The molecule has 0 radical (unpaired) electrons. The fourth-order valence-corrected chi connectivity index (χ4v) is 7.19. The lowest BCUT2D eigenvalue weighted by molar-refractivity contribution is -0.137. The van der Waals surface area contributed by atoms with Crippen LogP contribution in [-0.2, 0) is 35.5 Å². The summed E-state index contributed by atoms with van der Waals surface area (Å²) in [4.78, 5) is 2.42. The van der Waals surface area contributed by atoms with Gasteiger partial charge < -0.3 is 4.90 Å². The summed E-state index contributed by atoms with van der Waals surface area (Å²) in [7, 11) is -3.66. The number of likely N-dealkylation sites (tertiary alicyclic amines) is 1. The number of fused-ring (bicyclic) bond motifs is 1. The quantitative estimate of drug-likeness (QED) is 0.611. The van der Waals surface area contributed by atoms with Gasteiger partial charge in [-0.25, -0.2) is 13.6 Å². The van der Waals surface area contributed by atoms with Gasteiger partial charge in [0.05, 0.1) is 10.3 Å². The van der Waals surface area contributed by atoms with Gasteiger partial charge in [-0.2, -0.15) is 13.2 Å². The Hall–Kier alpha value is -1.90. The van der Waals surface area contributed by atoms with E-state index in [1.807, 2.05) is 6.07 Å². The number of alkyl halides is 3. The fourth-order valence-electron chi connectivity index (χ4n) is 5.96. The minimum atomic E-state index is -4.36. The third kappa shape index (κ3) is 4.52. The van der Waals surface area contributed by atoms with Crippen LogP contribution in [-0.4, -0.2) is 37.7 Å². The van der Waals surface area contributed by atoms with E-state index in [-0.39, 0.29) is 5.92 Å². The molecule has 2 aromatic carbocycles. The van der Waals surface area contributed by atoms with Crippen molar-refractivity contribution in [3.8, 4) is 0 Å². The van der Waals surface area contributed by atoms with Gasteiger partial charge in [0.2, 0.25) is 10.0 Å². The van der Waals surface area contributed by atoms with Crippen LogP contribution in [0.3, 0.4) is 0 Å². The summed E-state index contributed by atoms with van der Waals surface area (Å²) in [6, 6.07) is 11.9. The minimum Gasteiger partial charge on any atom is -0.303 e. The second-order valence-electron chi connectivity index (χ2n) is 10.4. The van der Waals surface area contributed by atoms with Crippen molar-refractivity contribution in [3.05, 3.63) is 70.3 Å². The van der Waals surface area contributed by atoms with Gasteiger partial charge in [0.25, 0.3) is 0 Å². The van der Waals surface area contributed by atoms with Gasteiger partial charge in [-0.15, -0.1) is 0 Å². The summed E-state index contributed by atoms with van der Waals surface area (Å²) in [6.45, 7) is 3.09. The highest BCUT2D eigenvalue weighted by molar-refractivity contribution is 7.90. The monoisotopic (exact) mass is 492 g/mol. The molecule has 5 rings (SSSR count). The van der Waals surface area contributed by atoms with Crippen LogP contribution in [0.2, 0.25) is 0 Å². The van der Waals surface area contributed by atoms with Crippen LogP contribution in [0.1, 0.15) is 59.4 Å². The Kier molecular flexibility index (Phi) is 6.06. The molecule has 1 saturated heterocycles. The average Bonchev–Trinajstić information content (AvgIpc) is 3.03. The van der Waals surface area contributed by atoms with Gasteiger partial charge in [0.1, 0.15) is 0 Å². The highest BCUT2D eigenvalue weighted by atomic mass is 32.2. The molecule has 2 N–H and O–H groups in total. The molecule has 184 valence electrons. The van der Waals surface area contributed by atoms with Crippen molar-refractivity contribution in [3.63, 3.8) is 0 Å². The number of hydrogen-bond donors (Lipinski definition) is 1. The zero-order valence-electron chi connectivity index (χ0n) is 19.2. The van der Waals surface area contributed by atoms with Crippen molar-refractivity contribution in [1.29, 1.82) is 0 Å². The molecule has 0 bridgehead atoms. The van der Waals surface area contributed by atoms with Crippen molar-refractivity contribution in [2.75, 3.05) is 19.6 Å². The first-order chi connectivity index (χ1) is 16.0. The molecule has 2 aromatic rings. The van der Waals surface area contributed by atoms with E-state index in [2.05, 4.69) is 17.0 Å². The molecule has 0 amide bonds. The summed E-state index contributed by atoms with van der Waals surface area (Å²) in [5, 5.41) is 5.59. The third-order valence-corrected chi connectivity index (χ3v) is 9.97. The zero-order valence-corrected chi connectivity index (χ0v) is 20.0. The molecule has 2 unspecified atom stereocenters. The largest absolute Gasteiger partial charge is 0.416 e. The van der Waals surface area contributed by atoms with Crippen LogP contribution < -0.4 is 5.14 Å². The van der Waals surface area contributed by atoms with Crippen LogP contribution >= 0.6 is 0 Å². The van der Waals surface area contributed by atoms with E-state index in [1.54, 1.807) is 6.07 Å². The van der Waals surface area contributed by atoms with E-state index in [0.29, 0.717) is 37.2 Å². The van der Waals surface area contributed by atoms with Gasteiger partial charge in [0.15, 0.2) is 0 Å². The molecule has 8 heteroatoms. The first-order valence-corrected chi connectivity index (χ1v) is 13.6. The van der Waals surface area contributed by atoms with Crippen molar-refractivity contribution < 1.29 is 21.6 Å². The molecular weight excluding hydrogens is 461 g/mol. The molecule has 2 atom stereocenters. The van der Waals surface area contributed by atoms with Crippen LogP contribution in [0.15, 0.2) is 42.5 Å². The maximum atomic E-state index is 13.3. The van der Waals surface area contributed by atoms with Crippen LogP contribution in [0.25, 0.3) is 0 Å². The highest BCUT2D eigenvalue weighted by Crippen LogP contribution is 2.45. The molecule has 34 heavy (non-hydrogen) atoms. The summed E-state index contributed by atoms with van der Waals surface area (Å²) in [5.41, 5.74) is 3.41. The molecule has 0 spiro atoms. The number of sulfonamides is 1. The molecule has 3 aliphatic rings. The van der Waals surface area contributed by atoms with Gasteiger partial charge in [-0.1, -0.05) is 42.8 Å². The first kappa shape index (κ1) is 23.8. The van der Waals surface area contributed by atoms with E-state index in [4.69, 9.17) is 5.14 Å². The Balaban J connectivity index is 1.45. The van der Waals surface area contributed by atoms with E-state index in [1.165, 1.54) is 24.1 Å². The number of hydrogen-bond acceptors (Lipinski definition) is 3. The number of rotatable bonds is 7.